The molecule has 2 aliphatic heterocycles. The van der Waals surface area contributed by atoms with Crippen LogP contribution in [0.4, 0.5) is 5.69 Å². The van der Waals surface area contributed by atoms with E-state index in [2.05, 4.69) is 10.2 Å². The quantitative estimate of drug-likeness (QED) is 0.476. The minimum absolute atomic E-state index is 0.0659. The minimum Gasteiger partial charge on any atom is -0.489 e. The Kier molecular flexibility index (Phi) is 8.25. The molecule has 1 amide bonds. The number of aliphatic carboxylic acids is 2. The van der Waals surface area contributed by atoms with Gasteiger partial charge in [-0.3, -0.25) is 24.6 Å². The molecule has 0 spiro atoms. The third-order valence-corrected chi connectivity index (χ3v) is 5.79. The second-order valence-corrected chi connectivity index (χ2v) is 8.11. The molecule has 0 radical (unpaired) electrons. The Labute approximate surface area is 182 Å². The zero-order valence-corrected chi connectivity index (χ0v) is 17.7. The maximum atomic E-state index is 13.1. The van der Waals surface area contributed by atoms with E-state index in [9.17, 15) is 24.6 Å². The molecule has 9 heteroatoms. The summed E-state index contributed by atoms with van der Waals surface area (Å²) in [4.78, 5) is 39.7. The number of carbonyl (C=O) groups excluding carboxylic acids is 1. The van der Waals surface area contributed by atoms with Gasteiger partial charge in [0.1, 0.15) is 31.0 Å². The van der Waals surface area contributed by atoms with Crippen molar-refractivity contribution in [2.75, 3.05) is 37.7 Å². The first-order chi connectivity index (χ1) is 15.0. The highest BCUT2D eigenvalue weighted by Gasteiger charge is 2.35. The van der Waals surface area contributed by atoms with Crippen LogP contribution in [0.15, 0.2) is 24.3 Å². The molecule has 170 valence electrons. The summed E-state index contributed by atoms with van der Waals surface area (Å²) < 4.78 is 5.71. The Hall–Kier alpha value is -2.65. The van der Waals surface area contributed by atoms with Gasteiger partial charge < -0.3 is 19.8 Å². The van der Waals surface area contributed by atoms with Crippen molar-refractivity contribution in [3.8, 4) is 5.75 Å². The highest BCUT2D eigenvalue weighted by molar-refractivity contribution is 6.02. The number of nitrogens with one attached hydrogen (secondary N) is 1. The van der Waals surface area contributed by atoms with Gasteiger partial charge >= 0.3 is 11.9 Å². The molecule has 31 heavy (non-hydrogen) atoms. The fraction of sp³-hybridized carbons (Fsp3) is 0.591. The third kappa shape index (κ3) is 6.41. The Morgan fingerprint density at radius 1 is 1.13 bits per heavy atom. The number of carboxylic acid groups (broad SMARTS) is 2. The number of likely N-dealkylation sites (tertiary alicyclic amines) is 1. The summed E-state index contributed by atoms with van der Waals surface area (Å²) in [6, 6.07) is 4.85. The molecule has 0 aliphatic carbocycles. The molecule has 3 rings (SSSR count). The van der Waals surface area contributed by atoms with Crippen LogP contribution < -0.4 is 15.0 Å². The van der Waals surface area contributed by atoms with Gasteiger partial charge in [0.15, 0.2) is 0 Å². The molecule has 0 saturated carbocycles. The highest BCUT2D eigenvalue weighted by atomic mass is 16.5. The zero-order chi connectivity index (χ0) is 22.2. The van der Waals surface area contributed by atoms with Gasteiger partial charge in [0.2, 0.25) is 5.91 Å². The summed E-state index contributed by atoms with van der Waals surface area (Å²) >= 11 is 0. The van der Waals surface area contributed by atoms with E-state index >= 15 is 0 Å². The summed E-state index contributed by atoms with van der Waals surface area (Å²) in [7, 11) is 0. The van der Waals surface area contributed by atoms with Crippen molar-refractivity contribution >= 4 is 23.5 Å². The number of hydrogen-bond acceptors (Lipinski definition) is 6. The van der Waals surface area contributed by atoms with Crippen molar-refractivity contribution in [1.82, 2.24) is 10.2 Å². The molecule has 1 unspecified atom stereocenters. The molecular formula is C22H31N3O6. The maximum absolute atomic E-state index is 13.1. The summed E-state index contributed by atoms with van der Waals surface area (Å²) in [5.74, 6) is -2.30. The largest absolute Gasteiger partial charge is 0.489 e. The number of para-hydroxylation sites is 2. The van der Waals surface area contributed by atoms with E-state index in [1.807, 2.05) is 0 Å². The van der Waals surface area contributed by atoms with Gasteiger partial charge in [0, 0.05) is 0 Å². The number of amides is 1. The van der Waals surface area contributed by atoms with Crippen LogP contribution in [0.25, 0.3) is 0 Å². The van der Waals surface area contributed by atoms with E-state index in [0.29, 0.717) is 17.9 Å². The average molecular weight is 434 g/mol. The van der Waals surface area contributed by atoms with Crippen molar-refractivity contribution in [1.29, 1.82) is 0 Å². The molecule has 2 aliphatic rings. The summed E-state index contributed by atoms with van der Waals surface area (Å²) in [6.07, 6.45) is 5.73. The van der Waals surface area contributed by atoms with Gasteiger partial charge in [-0.25, -0.2) is 0 Å². The van der Waals surface area contributed by atoms with E-state index in [1.165, 1.54) is 19.3 Å². The topological polar surface area (TPSA) is 119 Å². The first kappa shape index (κ1) is 23.0. The number of hydrogen-bond donors (Lipinski definition) is 3. The lowest BCUT2D eigenvalue weighted by molar-refractivity contribution is -0.141. The smallest absolute Gasteiger partial charge is 0.323 e. The van der Waals surface area contributed by atoms with E-state index in [4.69, 9.17) is 4.74 Å². The SMILES string of the molecule is O=C(O)CN1C(=O)C(N[C@@H](CCCCN2CCCCC2)C(=O)O)COc2ccccc21. The number of benzene rings is 1. The predicted molar refractivity (Wildman–Crippen MR) is 114 cm³/mol. The van der Waals surface area contributed by atoms with Gasteiger partial charge in [-0.15, -0.1) is 0 Å². The molecule has 1 saturated heterocycles. The number of unbranched alkanes of at least 4 members (excludes halogenated alkanes) is 1. The lowest BCUT2D eigenvalue weighted by atomic mass is 10.1. The molecule has 1 fully saturated rings. The van der Waals surface area contributed by atoms with Crippen molar-refractivity contribution in [2.45, 2.75) is 50.6 Å². The van der Waals surface area contributed by atoms with Gasteiger partial charge in [0.25, 0.3) is 0 Å². The second-order valence-electron chi connectivity index (χ2n) is 8.11. The van der Waals surface area contributed by atoms with Crippen LogP contribution in [0.5, 0.6) is 5.75 Å². The number of piperidine rings is 1. The highest BCUT2D eigenvalue weighted by Crippen LogP contribution is 2.31. The van der Waals surface area contributed by atoms with Crippen LogP contribution in [0.1, 0.15) is 38.5 Å². The average Bonchev–Trinajstić information content (AvgIpc) is 2.88. The lowest BCUT2D eigenvalue weighted by Gasteiger charge is -2.27. The molecule has 0 aromatic heterocycles. The van der Waals surface area contributed by atoms with E-state index in [1.54, 1.807) is 24.3 Å². The number of fused-ring (bicyclic) bond motifs is 1. The molecule has 0 bridgehead atoms. The number of carboxylic acids is 2. The number of carbonyl (C=O) groups is 3. The van der Waals surface area contributed by atoms with Crippen LogP contribution in [0, 0.1) is 0 Å². The molecule has 2 atom stereocenters. The predicted octanol–water partition coefficient (Wildman–Crippen LogP) is 1.56. The van der Waals surface area contributed by atoms with Gasteiger partial charge in [-0.05, 0) is 57.5 Å². The third-order valence-electron chi connectivity index (χ3n) is 5.79. The summed E-state index contributed by atoms with van der Waals surface area (Å²) in [5.41, 5.74) is 0.368. The van der Waals surface area contributed by atoms with Crippen molar-refractivity contribution in [2.24, 2.45) is 0 Å². The molecule has 1 aromatic carbocycles. The van der Waals surface area contributed by atoms with Crippen molar-refractivity contribution in [3.05, 3.63) is 24.3 Å². The standard InChI is InChI=1S/C22H31N3O6/c26-20(27)14-25-18-9-2-3-10-19(18)31-15-17(21(25)28)23-16(22(29)30)8-4-7-13-24-11-5-1-6-12-24/h2-3,9-10,16-17,23H,1,4-8,11-15H2,(H,26,27)(H,29,30)/t16-,17?/m0/s1. The molecule has 2 heterocycles. The Morgan fingerprint density at radius 2 is 1.87 bits per heavy atom. The number of ether oxygens (including phenoxy) is 1. The fourth-order valence-electron chi connectivity index (χ4n) is 4.16. The number of nitrogens with zero attached hydrogens (tertiary/aromatic N) is 2. The molecule has 1 aromatic rings. The fourth-order valence-corrected chi connectivity index (χ4v) is 4.16. The van der Waals surface area contributed by atoms with E-state index in [-0.39, 0.29) is 6.61 Å². The van der Waals surface area contributed by atoms with Crippen LogP contribution in [0.3, 0.4) is 0 Å². The Balaban J connectivity index is 1.60. The van der Waals surface area contributed by atoms with Crippen LogP contribution in [-0.4, -0.2) is 77.8 Å². The minimum atomic E-state index is -1.16. The van der Waals surface area contributed by atoms with E-state index < -0.39 is 36.5 Å². The normalized spacial score (nSPS) is 20.5. The first-order valence-corrected chi connectivity index (χ1v) is 10.9. The van der Waals surface area contributed by atoms with Crippen molar-refractivity contribution < 1.29 is 29.3 Å². The van der Waals surface area contributed by atoms with E-state index in [0.717, 1.165) is 37.4 Å². The number of rotatable bonds is 10. The van der Waals surface area contributed by atoms with Crippen LogP contribution in [-0.2, 0) is 14.4 Å². The Morgan fingerprint density at radius 3 is 2.58 bits per heavy atom. The monoisotopic (exact) mass is 433 g/mol. The molecule has 9 nitrogen and oxygen atoms in total. The molecule has 3 N–H and O–H groups in total. The second kappa shape index (κ2) is 11.1. The van der Waals surface area contributed by atoms with Gasteiger partial charge in [0.05, 0.1) is 5.69 Å². The maximum Gasteiger partial charge on any atom is 0.323 e. The number of anilines is 1. The van der Waals surface area contributed by atoms with Gasteiger partial charge in [-0.2, -0.15) is 0 Å². The summed E-state index contributed by atoms with van der Waals surface area (Å²) in [5, 5.41) is 21.8. The summed E-state index contributed by atoms with van der Waals surface area (Å²) in [6.45, 7) is 2.58. The lowest BCUT2D eigenvalue weighted by Crippen LogP contribution is -2.54. The zero-order valence-electron chi connectivity index (χ0n) is 17.7. The van der Waals surface area contributed by atoms with Crippen LogP contribution >= 0.6 is 0 Å². The molecular weight excluding hydrogens is 402 g/mol. The first-order valence-electron chi connectivity index (χ1n) is 10.9. The Bertz CT molecular complexity index is 780. The van der Waals surface area contributed by atoms with Crippen molar-refractivity contribution in [3.63, 3.8) is 0 Å². The van der Waals surface area contributed by atoms with Gasteiger partial charge in [-0.1, -0.05) is 25.0 Å². The van der Waals surface area contributed by atoms with Crippen LogP contribution in [0.2, 0.25) is 0 Å².